The standard InChI is InChI=1S/C9H12ClN3O3/c10-7-5-12-13(6-7)4-2-8(14)11-3-1-9(15)16/h5-6H,1-4H2,(H,11,14)(H,15,16). The molecule has 0 aromatic carbocycles. The highest BCUT2D eigenvalue weighted by molar-refractivity contribution is 6.30. The van der Waals surface area contributed by atoms with Gasteiger partial charge in [0.1, 0.15) is 0 Å². The van der Waals surface area contributed by atoms with Gasteiger partial charge in [0, 0.05) is 25.7 Å². The van der Waals surface area contributed by atoms with Crippen molar-refractivity contribution < 1.29 is 14.7 Å². The van der Waals surface area contributed by atoms with Gasteiger partial charge in [-0.1, -0.05) is 11.6 Å². The average molecular weight is 246 g/mol. The summed E-state index contributed by atoms with van der Waals surface area (Å²) in [5.74, 6) is -1.13. The summed E-state index contributed by atoms with van der Waals surface area (Å²) < 4.78 is 1.55. The van der Waals surface area contributed by atoms with E-state index < -0.39 is 5.97 Å². The minimum atomic E-state index is -0.931. The molecule has 6 nitrogen and oxygen atoms in total. The summed E-state index contributed by atoms with van der Waals surface area (Å²) in [6.45, 7) is 0.569. The molecule has 0 bridgehead atoms. The zero-order valence-corrected chi connectivity index (χ0v) is 9.28. The third-order valence-corrected chi connectivity index (χ3v) is 2.03. The maximum atomic E-state index is 11.2. The van der Waals surface area contributed by atoms with E-state index in [2.05, 4.69) is 10.4 Å². The second-order valence-corrected chi connectivity index (χ2v) is 3.60. The SMILES string of the molecule is O=C(O)CCNC(=O)CCn1cc(Cl)cn1. The molecule has 0 aliphatic heterocycles. The lowest BCUT2D eigenvalue weighted by atomic mass is 10.3. The van der Waals surface area contributed by atoms with Crippen LogP contribution in [0.5, 0.6) is 0 Å². The van der Waals surface area contributed by atoms with Gasteiger partial charge < -0.3 is 10.4 Å². The monoisotopic (exact) mass is 245 g/mol. The van der Waals surface area contributed by atoms with E-state index in [0.29, 0.717) is 11.6 Å². The Morgan fingerprint density at radius 3 is 2.81 bits per heavy atom. The Morgan fingerprint density at radius 2 is 2.25 bits per heavy atom. The third-order valence-electron chi connectivity index (χ3n) is 1.83. The first-order valence-corrected chi connectivity index (χ1v) is 5.12. The number of hydrogen-bond donors (Lipinski definition) is 2. The van der Waals surface area contributed by atoms with Crippen molar-refractivity contribution in [3.05, 3.63) is 17.4 Å². The fourth-order valence-corrected chi connectivity index (χ4v) is 1.23. The second-order valence-electron chi connectivity index (χ2n) is 3.17. The maximum Gasteiger partial charge on any atom is 0.305 e. The van der Waals surface area contributed by atoms with Crippen LogP contribution in [0.3, 0.4) is 0 Å². The van der Waals surface area contributed by atoms with Crippen LogP contribution >= 0.6 is 11.6 Å². The first-order valence-electron chi connectivity index (χ1n) is 4.74. The van der Waals surface area contributed by atoms with E-state index in [0.717, 1.165) is 0 Å². The van der Waals surface area contributed by atoms with Gasteiger partial charge in [-0.25, -0.2) is 0 Å². The first kappa shape index (κ1) is 12.5. The zero-order valence-electron chi connectivity index (χ0n) is 8.52. The van der Waals surface area contributed by atoms with Gasteiger partial charge in [0.25, 0.3) is 0 Å². The van der Waals surface area contributed by atoms with Crippen LogP contribution in [0.25, 0.3) is 0 Å². The van der Waals surface area contributed by atoms with Gasteiger partial charge in [-0.15, -0.1) is 0 Å². The minimum absolute atomic E-state index is 0.0701. The number of aryl methyl sites for hydroxylation is 1. The molecule has 1 amide bonds. The zero-order chi connectivity index (χ0) is 12.0. The molecular weight excluding hydrogens is 234 g/mol. The molecule has 0 fully saturated rings. The molecule has 88 valence electrons. The summed E-state index contributed by atoms with van der Waals surface area (Å²) in [4.78, 5) is 21.4. The normalized spacial score (nSPS) is 10.1. The summed E-state index contributed by atoms with van der Waals surface area (Å²) in [5, 5.41) is 15.3. The molecule has 1 aromatic heterocycles. The number of nitrogens with zero attached hydrogens (tertiary/aromatic N) is 2. The smallest absolute Gasteiger partial charge is 0.305 e. The highest BCUT2D eigenvalue weighted by atomic mass is 35.5. The van der Waals surface area contributed by atoms with E-state index >= 15 is 0 Å². The van der Waals surface area contributed by atoms with Gasteiger partial charge in [0.05, 0.1) is 17.6 Å². The lowest BCUT2D eigenvalue weighted by molar-refractivity contribution is -0.136. The fourth-order valence-electron chi connectivity index (χ4n) is 1.07. The van der Waals surface area contributed by atoms with Crippen LogP contribution < -0.4 is 5.32 Å². The predicted octanol–water partition coefficient (Wildman–Crippen LogP) is 0.517. The summed E-state index contributed by atoms with van der Waals surface area (Å²) in [7, 11) is 0. The molecule has 0 radical (unpaired) electrons. The number of halogens is 1. The molecule has 0 saturated heterocycles. The van der Waals surface area contributed by atoms with Crippen LogP contribution in [0.1, 0.15) is 12.8 Å². The molecule has 0 saturated carbocycles. The van der Waals surface area contributed by atoms with Gasteiger partial charge in [-0.2, -0.15) is 5.10 Å². The Hall–Kier alpha value is -1.56. The van der Waals surface area contributed by atoms with Crippen LogP contribution in [0.15, 0.2) is 12.4 Å². The molecule has 16 heavy (non-hydrogen) atoms. The fraction of sp³-hybridized carbons (Fsp3) is 0.444. The molecule has 0 aliphatic rings. The molecule has 1 aromatic rings. The number of aliphatic carboxylic acids is 1. The van der Waals surface area contributed by atoms with Crippen molar-refractivity contribution in [1.82, 2.24) is 15.1 Å². The largest absolute Gasteiger partial charge is 0.481 e. The summed E-state index contributed by atoms with van der Waals surface area (Å²) in [6.07, 6.45) is 3.28. The van der Waals surface area contributed by atoms with Crippen molar-refractivity contribution >= 4 is 23.5 Å². The number of carboxylic acids is 1. The maximum absolute atomic E-state index is 11.2. The molecule has 1 heterocycles. The number of aromatic nitrogens is 2. The molecule has 0 aliphatic carbocycles. The topological polar surface area (TPSA) is 84.2 Å². The average Bonchev–Trinajstić information content (AvgIpc) is 2.61. The molecule has 0 atom stereocenters. The number of carboxylic acid groups (broad SMARTS) is 1. The number of hydrogen-bond acceptors (Lipinski definition) is 3. The third kappa shape index (κ3) is 4.79. The Balaban J connectivity index is 2.17. The molecular formula is C9H12ClN3O3. The van der Waals surface area contributed by atoms with Crippen molar-refractivity contribution in [3.8, 4) is 0 Å². The highest BCUT2D eigenvalue weighted by Crippen LogP contribution is 2.04. The van der Waals surface area contributed by atoms with Gasteiger partial charge in [-0.3, -0.25) is 14.3 Å². The van der Waals surface area contributed by atoms with Crippen molar-refractivity contribution in [1.29, 1.82) is 0 Å². The number of nitrogens with one attached hydrogen (secondary N) is 1. The Morgan fingerprint density at radius 1 is 1.50 bits per heavy atom. The van der Waals surface area contributed by atoms with E-state index in [-0.39, 0.29) is 25.3 Å². The lowest BCUT2D eigenvalue weighted by Crippen LogP contribution is -2.26. The van der Waals surface area contributed by atoms with Gasteiger partial charge >= 0.3 is 5.97 Å². The molecule has 7 heteroatoms. The van der Waals surface area contributed by atoms with Crippen LogP contribution in [-0.2, 0) is 16.1 Å². The van der Waals surface area contributed by atoms with E-state index in [9.17, 15) is 9.59 Å². The molecule has 2 N–H and O–H groups in total. The Bertz CT molecular complexity index is 378. The molecule has 1 rings (SSSR count). The Kier molecular flexibility index (Phi) is 4.78. The summed E-state index contributed by atoms with van der Waals surface area (Å²) in [6, 6.07) is 0. The predicted molar refractivity (Wildman–Crippen MR) is 57.1 cm³/mol. The van der Waals surface area contributed by atoms with Crippen molar-refractivity contribution in [2.24, 2.45) is 0 Å². The van der Waals surface area contributed by atoms with Crippen LogP contribution in [-0.4, -0.2) is 33.3 Å². The van der Waals surface area contributed by atoms with Gasteiger partial charge in [0.15, 0.2) is 0 Å². The lowest BCUT2D eigenvalue weighted by Gasteiger charge is -2.03. The van der Waals surface area contributed by atoms with Crippen molar-refractivity contribution in [2.45, 2.75) is 19.4 Å². The number of carbonyl (C=O) groups excluding carboxylic acids is 1. The molecule has 0 unspecified atom stereocenters. The first-order chi connectivity index (χ1) is 7.58. The van der Waals surface area contributed by atoms with E-state index in [1.807, 2.05) is 0 Å². The quantitative estimate of drug-likeness (QED) is 0.765. The van der Waals surface area contributed by atoms with Crippen molar-refractivity contribution in [3.63, 3.8) is 0 Å². The Labute approximate surface area is 97.2 Å². The summed E-state index contributed by atoms with van der Waals surface area (Å²) in [5.41, 5.74) is 0. The second kappa shape index (κ2) is 6.12. The van der Waals surface area contributed by atoms with E-state index in [1.54, 1.807) is 10.9 Å². The van der Waals surface area contributed by atoms with E-state index in [4.69, 9.17) is 16.7 Å². The van der Waals surface area contributed by atoms with Crippen LogP contribution in [0, 0.1) is 0 Å². The molecule has 0 spiro atoms. The van der Waals surface area contributed by atoms with Gasteiger partial charge in [-0.05, 0) is 0 Å². The van der Waals surface area contributed by atoms with Gasteiger partial charge in [0.2, 0.25) is 5.91 Å². The van der Waals surface area contributed by atoms with Crippen LogP contribution in [0.4, 0.5) is 0 Å². The summed E-state index contributed by atoms with van der Waals surface area (Å²) >= 11 is 5.65. The minimum Gasteiger partial charge on any atom is -0.481 e. The van der Waals surface area contributed by atoms with Crippen LogP contribution in [0.2, 0.25) is 5.02 Å². The highest BCUT2D eigenvalue weighted by Gasteiger charge is 2.03. The number of carbonyl (C=O) groups is 2. The number of rotatable bonds is 6. The van der Waals surface area contributed by atoms with E-state index in [1.165, 1.54) is 6.20 Å². The number of amides is 1. The van der Waals surface area contributed by atoms with Crippen molar-refractivity contribution in [2.75, 3.05) is 6.54 Å².